The first kappa shape index (κ1) is 109. The summed E-state index contributed by atoms with van der Waals surface area (Å²) in [6.45, 7) is 21.9. The lowest BCUT2D eigenvalue weighted by Crippen LogP contribution is -2.37. The summed E-state index contributed by atoms with van der Waals surface area (Å²) < 4.78 is 165. The molecule has 7 aliphatic rings. The van der Waals surface area contributed by atoms with Crippen LogP contribution in [0.15, 0.2) is 224 Å². The lowest BCUT2D eigenvalue weighted by atomic mass is 9.79. The van der Waals surface area contributed by atoms with Crippen molar-refractivity contribution < 1.29 is 91.9 Å². The molecule has 25 nitrogen and oxygen atoms in total. The Labute approximate surface area is 857 Å². The number of nitrogens with zero attached hydrogens (tertiary/aromatic N) is 9. The molecule has 7 heterocycles. The Bertz CT molecular complexity index is 6820. The van der Waals surface area contributed by atoms with Crippen LogP contribution in [0.5, 0.6) is 0 Å². The molecule has 0 saturated heterocycles. The van der Waals surface area contributed by atoms with E-state index < -0.39 is 165 Å². The topological polar surface area (TPSA) is 355 Å². The Hall–Kier alpha value is -14.7. The second-order valence-corrected chi connectivity index (χ2v) is 41.6. The summed E-state index contributed by atoms with van der Waals surface area (Å²) in [7, 11) is 0. The van der Waals surface area contributed by atoms with Crippen LogP contribution in [0.1, 0.15) is 338 Å². The van der Waals surface area contributed by atoms with E-state index >= 15 is 4.39 Å². The first-order valence-electron chi connectivity index (χ1n) is 49.7. The van der Waals surface area contributed by atoms with Crippen molar-refractivity contribution in [2.45, 2.75) is 272 Å². The van der Waals surface area contributed by atoms with Crippen LogP contribution in [-0.4, -0.2) is 82.1 Å². The quantitative estimate of drug-likeness (QED) is 0.0158. The van der Waals surface area contributed by atoms with Crippen molar-refractivity contribution in [1.82, 2.24) is 45.9 Å². The number of hydrogen-bond acceptors (Lipinski definition) is 18. The molecule has 1 aliphatic heterocycles. The molecule has 35 heteroatoms. The van der Waals surface area contributed by atoms with E-state index in [4.69, 9.17) is 30.2 Å². The van der Waals surface area contributed by atoms with Crippen LogP contribution in [0.2, 0.25) is 0 Å². The molecule has 1 unspecified atom stereocenters. The number of pyridine rings is 6. The minimum absolute atomic E-state index is 0.0752. The molecule has 5 amide bonds. The molecule has 16 atom stereocenters. The Morgan fingerprint density at radius 1 is 0.403 bits per heavy atom. The van der Waals surface area contributed by atoms with Crippen molar-refractivity contribution in [3.8, 4) is 0 Å². The molecule has 0 saturated carbocycles. The number of alkyl carbamates (subject to hydrolysis) is 3. The van der Waals surface area contributed by atoms with Gasteiger partial charge in [-0.15, -0.1) is 0 Å². The van der Waals surface area contributed by atoms with Gasteiger partial charge in [-0.2, -0.15) is 0 Å². The second kappa shape index (κ2) is 46.4. The molecule has 149 heavy (non-hydrogen) atoms. The van der Waals surface area contributed by atoms with Crippen molar-refractivity contribution in [1.29, 1.82) is 0 Å². The number of halogens is 10. The van der Waals surface area contributed by atoms with Gasteiger partial charge in [0, 0.05) is 106 Å². The normalized spacial score (nSPS) is 22.8. The van der Waals surface area contributed by atoms with Crippen LogP contribution in [-0.2, 0) is 42.0 Å². The van der Waals surface area contributed by atoms with Crippen molar-refractivity contribution in [3.05, 3.63) is 389 Å². The summed E-state index contributed by atoms with van der Waals surface area (Å²) in [4.78, 5) is 93.9. The van der Waals surface area contributed by atoms with E-state index in [1.54, 1.807) is 166 Å². The highest BCUT2D eigenvalue weighted by Crippen LogP contribution is 2.53. The van der Waals surface area contributed by atoms with Crippen molar-refractivity contribution in [3.63, 3.8) is 0 Å². The fourth-order valence-electron chi connectivity index (χ4n) is 21.3. The number of carbonyl (C=O) groups is 5. The Morgan fingerprint density at radius 3 is 1.19 bits per heavy atom. The van der Waals surface area contributed by atoms with Crippen molar-refractivity contribution in [2.24, 2.45) is 10.8 Å². The number of benzene rings is 6. The summed E-state index contributed by atoms with van der Waals surface area (Å²) in [6, 6.07) is 44.6. The maximum Gasteiger partial charge on any atom is 0.412 e. The number of carbonyl (C=O) groups excluding carboxylic acids is 5. The van der Waals surface area contributed by atoms with Gasteiger partial charge in [-0.05, 0) is 309 Å². The van der Waals surface area contributed by atoms with Crippen LogP contribution in [0.25, 0.3) is 10.4 Å². The second-order valence-electron chi connectivity index (χ2n) is 41.6. The standard InChI is InChI=1S/C37H35F2N5O5.C22H26F2N2O2.C21H24F2N2O3.C17H16F2N4.C17H18F2N2/c1-36(2,3)49-35(47)43-30-24(23-7-4-10-27(38)29(23)39)13-14-28(31-25(30)8-5-15-40-31)48-34(46)42-22-12-11-20-18-37(19-21(20)17-22)26-9-6-16-41-32(26)44-33(37)45;1-13-10-11-15(14-7-5-9-17(23)18(14)24)20(16-8-6-12-25-19(13)16)26-21(27)28-22(2,3)4;1-21(2,3)28-20(27)25-18-13(12-6-4-8-15(22)17(12)23)9-10-16(26)19-14(18)7-5-11-24-19;1-10-7-8-12(11-4-2-6-14(18)15(11)19)17(22-23-20)13-5-3-9-21-16(10)13;1-10-7-8-12(11-4-2-6-14(18)15(11)19)16(20)13-5-3-9-21-17(10)13/h4-12,15-17,24,28,30H,13-14,18-19H2,1-3H3,(H,42,46)(H,43,47)(H,41,44,45);5-9,12-13,15,20H,10-11H2,1-4H3,(H,26,27);4-8,11,13,16,18,26H,9-10H2,1-3H3,(H,25,27);2-6,9-10,12,17H,7-8H2,1H3;2-6,9-10,12,16H,7-8,20H2,1H3/t24-,28+,30-,37?;13-,15+,20+;13-,16+,18-;10-,12+,17+;10-,12+,16+/m01011/s1. The minimum Gasteiger partial charge on any atom is -0.444 e. The predicted molar refractivity (Wildman–Crippen MR) is 539 cm³/mol. The van der Waals surface area contributed by atoms with Gasteiger partial charge >= 0.3 is 24.4 Å². The van der Waals surface area contributed by atoms with Gasteiger partial charge in [-0.25, -0.2) is 68.1 Å². The van der Waals surface area contributed by atoms with Crippen LogP contribution in [0, 0.1) is 58.2 Å². The number of nitrogens with two attached hydrogens (primary N) is 1. The number of azide groups is 1. The van der Waals surface area contributed by atoms with Crippen LogP contribution < -0.4 is 32.3 Å². The van der Waals surface area contributed by atoms with E-state index in [1.165, 1.54) is 36.4 Å². The van der Waals surface area contributed by atoms with Crippen molar-refractivity contribution in [2.75, 3.05) is 10.6 Å². The molecule has 780 valence electrons. The zero-order valence-electron chi connectivity index (χ0n) is 84.4. The van der Waals surface area contributed by atoms with Gasteiger partial charge in [0.25, 0.3) is 0 Å². The zero-order valence-corrected chi connectivity index (χ0v) is 84.4. The SMILES string of the molecule is CC(C)(C)OC(=O)N[C@@H]1c2cccnc2[C@H](O)CC[C@H]1c1cccc(F)c1F.CC(C)(C)OC(=O)N[C@@H]1c2cccnc2[C@H](OC(=O)Nc2ccc3c(c2)CC2(C3)C(=O)Nc3ncccc32)CC[C@H]1c1cccc(F)c1F.C[C@@H]1CC[C@@H](c2cccc(F)c2F)[C@H](N)c2cccnc21.C[C@@H]1CC[C@@H](c2cccc(F)c2F)[C@H](N=[N+]=[N-])c2cccnc21.C[C@@H]1CC[C@@H](c2cccc(F)c2F)[C@H](NC(=O)OC(C)(C)C)c2cccnc21. The summed E-state index contributed by atoms with van der Waals surface area (Å²) >= 11 is 0. The average molecular weight is 2050 g/mol. The highest BCUT2D eigenvalue weighted by atomic mass is 19.2. The van der Waals surface area contributed by atoms with Gasteiger partial charge in [-0.1, -0.05) is 129 Å². The smallest absolute Gasteiger partial charge is 0.412 e. The molecule has 0 fully saturated rings. The predicted octanol–water partition coefficient (Wildman–Crippen LogP) is 26.8. The van der Waals surface area contributed by atoms with E-state index in [0.29, 0.717) is 78.1 Å². The van der Waals surface area contributed by atoms with E-state index in [0.717, 1.165) is 106 Å². The first-order valence-corrected chi connectivity index (χ1v) is 49.7. The highest BCUT2D eigenvalue weighted by Gasteiger charge is 2.52. The van der Waals surface area contributed by atoms with Crippen LogP contribution >= 0.6 is 0 Å². The lowest BCUT2D eigenvalue weighted by Gasteiger charge is -2.29. The van der Waals surface area contributed by atoms with Gasteiger partial charge in [0.05, 0.1) is 47.1 Å². The van der Waals surface area contributed by atoms with Gasteiger partial charge in [0.2, 0.25) is 5.91 Å². The fraction of sp³-hybridized carbons (Fsp3) is 0.377. The number of hydrogen-bond donors (Lipinski definition) is 7. The molecule has 6 aromatic carbocycles. The molecule has 6 aromatic heterocycles. The number of aliphatic hydroxyl groups is 1. The molecule has 19 rings (SSSR count). The highest BCUT2D eigenvalue weighted by molar-refractivity contribution is 6.06. The van der Waals surface area contributed by atoms with E-state index in [1.807, 2.05) is 55.5 Å². The maximum absolute atomic E-state index is 15.3. The van der Waals surface area contributed by atoms with Crippen LogP contribution in [0.3, 0.4) is 0 Å². The third-order valence-electron chi connectivity index (χ3n) is 28.1. The van der Waals surface area contributed by atoms with E-state index in [2.05, 4.69) is 80.4 Å². The number of nitrogens with one attached hydrogen (secondary N) is 5. The van der Waals surface area contributed by atoms with Gasteiger partial charge < -0.3 is 51.1 Å². The molecular formula is C114H119F10N15O10. The number of rotatable bonds is 11. The van der Waals surface area contributed by atoms with E-state index in [9.17, 15) is 68.6 Å². The number of ether oxygens (including phenoxy) is 4. The fourth-order valence-corrected chi connectivity index (χ4v) is 21.3. The largest absolute Gasteiger partial charge is 0.444 e. The Kier molecular flexibility index (Phi) is 33.8. The summed E-state index contributed by atoms with van der Waals surface area (Å²) in [5.41, 5.74) is 23.9. The van der Waals surface area contributed by atoms with Gasteiger partial charge in [0.1, 0.15) is 28.7 Å². The van der Waals surface area contributed by atoms with Gasteiger partial charge in [-0.3, -0.25) is 35.0 Å². The molecule has 1 spiro atoms. The monoisotopic (exact) mass is 2050 g/mol. The van der Waals surface area contributed by atoms with E-state index in [-0.39, 0.29) is 70.7 Å². The number of fused-ring (bicyclic) bond motifs is 8. The third-order valence-corrected chi connectivity index (χ3v) is 28.1. The third kappa shape index (κ3) is 25.0. The molecule has 0 bridgehead atoms. The molecule has 6 aliphatic carbocycles. The number of amides is 5. The van der Waals surface area contributed by atoms with Gasteiger partial charge in [0.15, 0.2) is 58.2 Å². The average Bonchev–Trinajstić information content (AvgIpc) is 1.56. The lowest BCUT2D eigenvalue weighted by molar-refractivity contribution is -0.120. The maximum atomic E-state index is 15.3. The Morgan fingerprint density at radius 2 is 0.745 bits per heavy atom. The van der Waals surface area contributed by atoms with Crippen LogP contribution in [0.4, 0.5) is 74.6 Å². The molecule has 12 aromatic rings. The molecular weight excluding hydrogens is 1930 g/mol. The number of anilines is 2. The minimum atomic E-state index is -1.01. The summed E-state index contributed by atoms with van der Waals surface area (Å²) in [5, 5.41) is 28.6. The number of aromatic nitrogens is 6. The summed E-state index contributed by atoms with van der Waals surface area (Å²) in [5.74, 6) is -10.4. The number of aliphatic hydroxyl groups excluding tert-OH is 1. The Balaban J connectivity index is 0.000000145. The molecule has 8 N–H and O–H groups in total. The summed E-state index contributed by atoms with van der Waals surface area (Å²) in [6.07, 6.45) is 11.7. The van der Waals surface area contributed by atoms with Crippen molar-refractivity contribution >= 4 is 41.8 Å². The zero-order chi connectivity index (χ0) is 107. The molecule has 0 radical (unpaired) electrons. The first-order chi connectivity index (χ1) is 71.0.